The predicted octanol–water partition coefficient (Wildman–Crippen LogP) is 3.37. The van der Waals surface area contributed by atoms with E-state index in [1.807, 2.05) is 57.2 Å². The first-order chi connectivity index (χ1) is 22.3. The summed E-state index contributed by atoms with van der Waals surface area (Å²) < 4.78 is 38.4. The molecule has 4 aromatic rings. The van der Waals surface area contributed by atoms with Crippen LogP contribution in [0.25, 0.3) is 5.52 Å². The molecule has 2 aromatic heterocycles. The van der Waals surface area contributed by atoms with Crippen LogP contribution in [0, 0.1) is 11.3 Å². The molecule has 0 aliphatic carbocycles. The van der Waals surface area contributed by atoms with E-state index in [-0.39, 0.29) is 29.3 Å². The number of esters is 1. The molecule has 1 fully saturated rings. The van der Waals surface area contributed by atoms with E-state index < -0.39 is 50.3 Å². The third kappa shape index (κ3) is 7.16. The summed E-state index contributed by atoms with van der Waals surface area (Å²) in [7, 11) is -4.41. The van der Waals surface area contributed by atoms with Crippen LogP contribution in [-0.4, -0.2) is 61.7 Å². The molecular formula is C32H37N6O8P. The number of nitrogen functional groups attached to an aromatic ring is 1. The van der Waals surface area contributed by atoms with Crippen molar-refractivity contribution in [2.24, 2.45) is 0 Å². The number of anilines is 1. The zero-order valence-corrected chi connectivity index (χ0v) is 27.2. The summed E-state index contributed by atoms with van der Waals surface area (Å²) in [5.74, 6) is -0.417. The Bertz CT molecular complexity index is 1810. The summed E-state index contributed by atoms with van der Waals surface area (Å²) in [5.41, 5.74) is 5.88. The topological polar surface area (TPSA) is 204 Å². The van der Waals surface area contributed by atoms with E-state index in [2.05, 4.69) is 15.2 Å². The number of hydrogen-bond donors (Lipinski definition) is 4. The molecule has 15 heteroatoms. The molecule has 0 radical (unpaired) electrons. The Morgan fingerprint density at radius 2 is 1.87 bits per heavy atom. The summed E-state index contributed by atoms with van der Waals surface area (Å²) >= 11 is 0. The van der Waals surface area contributed by atoms with Crippen LogP contribution in [0.3, 0.4) is 0 Å². The first-order valence-electron chi connectivity index (χ1n) is 14.8. The molecule has 0 saturated carbocycles. The molecule has 1 unspecified atom stereocenters. The van der Waals surface area contributed by atoms with Crippen molar-refractivity contribution in [3.05, 3.63) is 89.9 Å². The number of benzene rings is 2. The van der Waals surface area contributed by atoms with E-state index >= 15 is 0 Å². The Hall–Kier alpha value is -4.35. The highest BCUT2D eigenvalue weighted by atomic mass is 31.2. The number of aromatic nitrogens is 3. The van der Waals surface area contributed by atoms with Crippen molar-refractivity contribution in [2.75, 3.05) is 12.3 Å². The van der Waals surface area contributed by atoms with Gasteiger partial charge in [-0.3, -0.25) is 9.32 Å². The Morgan fingerprint density at radius 1 is 1.17 bits per heavy atom. The molecule has 0 spiro atoms. The molecule has 14 nitrogen and oxygen atoms in total. The van der Waals surface area contributed by atoms with Crippen molar-refractivity contribution in [3.63, 3.8) is 0 Å². The maximum Gasteiger partial charge on any atom is 0.459 e. The van der Waals surface area contributed by atoms with Crippen LogP contribution in [0.2, 0.25) is 0 Å². The zero-order valence-electron chi connectivity index (χ0n) is 26.3. The number of nitrogens with one attached hydrogen (secondary N) is 1. The molecule has 1 saturated heterocycles. The average Bonchev–Trinajstić information content (AvgIpc) is 3.59. The molecule has 1 aliphatic heterocycles. The summed E-state index contributed by atoms with van der Waals surface area (Å²) in [6.07, 6.45) is -3.61. The molecule has 5 rings (SSSR count). The lowest BCUT2D eigenvalue weighted by atomic mass is 9.87. The first kappa shape index (κ1) is 34.0. The number of hydrogen-bond acceptors (Lipinski definition) is 12. The minimum Gasteiger partial charge on any atom is -0.460 e. The SMILES string of the molecule is C[C@H](NP(=O)(OC[C@H]1O[C@@](C#N)(c2ccc3c(N)ncnn23)[C@H](O)[C@@H]1O)Oc1ccc(C(C)(C)C)cc1)C(=O)OCc1ccccc1. The maximum absolute atomic E-state index is 14.2. The molecule has 0 amide bonds. The van der Waals surface area contributed by atoms with Crippen LogP contribution < -0.4 is 15.3 Å². The number of carbonyl (C=O) groups is 1. The second-order valence-electron chi connectivity index (χ2n) is 12.2. The van der Waals surface area contributed by atoms with Gasteiger partial charge in [-0.1, -0.05) is 63.2 Å². The number of rotatable bonds is 11. The van der Waals surface area contributed by atoms with Crippen LogP contribution in [0.4, 0.5) is 5.82 Å². The molecule has 248 valence electrons. The number of carbonyl (C=O) groups excluding carboxylic acids is 1. The number of nitrogens with two attached hydrogens (primary N) is 1. The summed E-state index contributed by atoms with van der Waals surface area (Å²) in [5, 5.41) is 39.0. The van der Waals surface area contributed by atoms with Crippen molar-refractivity contribution < 1.29 is 38.1 Å². The lowest BCUT2D eigenvalue weighted by molar-refractivity contribution is -0.146. The average molecular weight is 665 g/mol. The van der Waals surface area contributed by atoms with Crippen LogP contribution in [0.15, 0.2) is 73.1 Å². The molecule has 6 atom stereocenters. The van der Waals surface area contributed by atoms with Crippen LogP contribution in [0.1, 0.15) is 44.5 Å². The summed E-state index contributed by atoms with van der Waals surface area (Å²) in [4.78, 5) is 16.8. The smallest absolute Gasteiger partial charge is 0.459 e. The predicted molar refractivity (Wildman–Crippen MR) is 170 cm³/mol. The summed E-state index contributed by atoms with van der Waals surface area (Å²) in [6, 6.07) is 19.7. The first-order valence-corrected chi connectivity index (χ1v) is 16.4. The molecule has 1 aliphatic rings. The van der Waals surface area contributed by atoms with Gasteiger partial charge < -0.3 is 29.9 Å². The molecule has 47 heavy (non-hydrogen) atoms. The fourth-order valence-electron chi connectivity index (χ4n) is 5.11. The van der Waals surface area contributed by atoms with Gasteiger partial charge in [-0.05, 0) is 47.7 Å². The summed E-state index contributed by atoms with van der Waals surface area (Å²) in [6.45, 7) is 6.95. The molecule has 0 bridgehead atoms. The van der Waals surface area contributed by atoms with Crippen molar-refractivity contribution in [1.29, 1.82) is 5.26 Å². The molecule has 3 heterocycles. The highest BCUT2D eigenvalue weighted by Crippen LogP contribution is 2.47. The lowest BCUT2D eigenvalue weighted by Crippen LogP contribution is -2.41. The van der Waals surface area contributed by atoms with E-state index in [1.54, 1.807) is 30.3 Å². The largest absolute Gasteiger partial charge is 0.460 e. The fourth-order valence-corrected chi connectivity index (χ4v) is 6.61. The second kappa shape index (κ2) is 13.4. The molecular weight excluding hydrogens is 627 g/mol. The van der Waals surface area contributed by atoms with Crippen LogP contribution in [0.5, 0.6) is 5.75 Å². The Morgan fingerprint density at radius 3 is 2.53 bits per heavy atom. The van der Waals surface area contributed by atoms with E-state index in [0.29, 0.717) is 5.52 Å². The van der Waals surface area contributed by atoms with Gasteiger partial charge in [0.15, 0.2) is 5.82 Å². The fraction of sp³-hybridized carbons (Fsp3) is 0.375. The Balaban J connectivity index is 1.36. The van der Waals surface area contributed by atoms with Gasteiger partial charge in [0, 0.05) is 0 Å². The van der Waals surface area contributed by atoms with E-state index in [4.69, 9.17) is 24.3 Å². The Kier molecular flexibility index (Phi) is 9.70. The van der Waals surface area contributed by atoms with Gasteiger partial charge in [0.2, 0.25) is 5.60 Å². The minimum atomic E-state index is -4.41. The minimum absolute atomic E-state index is 0.00674. The number of aliphatic hydroxyl groups excluding tert-OH is 2. The number of nitrogens with zero attached hydrogens (tertiary/aromatic N) is 4. The van der Waals surface area contributed by atoms with Gasteiger partial charge in [0.05, 0.1) is 12.3 Å². The van der Waals surface area contributed by atoms with Gasteiger partial charge >= 0.3 is 13.7 Å². The monoisotopic (exact) mass is 664 g/mol. The lowest BCUT2D eigenvalue weighted by Gasteiger charge is -2.26. The van der Waals surface area contributed by atoms with Gasteiger partial charge in [-0.15, -0.1) is 0 Å². The van der Waals surface area contributed by atoms with Crippen molar-refractivity contribution >= 4 is 25.1 Å². The maximum atomic E-state index is 14.2. The van der Waals surface area contributed by atoms with E-state index in [0.717, 1.165) is 11.1 Å². The quantitative estimate of drug-likeness (QED) is 0.134. The highest BCUT2D eigenvalue weighted by molar-refractivity contribution is 7.52. The number of nitriles is 1. The van der Waals surface area contributed by atoms with Crippen molar-refractivity contribution in [1.82, 2.24) is 19.7 Å². The van der Waals surface area contributed by atoms with Gasteiger partial charge in [-0.2, -0.15) is 15.4 Å². The van der Waals surface area contributed by atoms with Gasteiger partial charge in [0.25, 0.3) is 0 Å². The second-order valence-corrected chi connectivity index (χ2v) is 13.9. The van der Waals surface area contributed by atoms with Crippen LogP contribution >= 0.6 is 7.75 Å². The van der Waals surface area contributed by atoms with Crippen LogP contribution in [-0.2, 0) is 41.0 Å². The normalized spacial score (nSPS) is 23.1. The van der Waals surface area contributed by atoms with Gasteiger partial charge in [-0.25, -0.2) is 14.1 Å². The molecule has 5 N–H and O–H groups in total. The highest BCUT2D eigenvalue weighted by Gasteiger charge is 2.58. The number of aliphatic hydroxyl groups is 2. The number of ether oxygens (including phenoxy) is 2. The van der Waals surface area contributed by atoms with E-state index in [9.17, 15) is 24.8 Å². The van der Waals surface area contributed by atoms with Crippen molar-refractivity contribution in [2.45, 2.75) is 69.7 Å². The van der Waals surface area contributed by atoms with Gasteiger partial charge in [0.1, 0.15) is 54.6 Å². The van der Waals surface area contributed by atoms with E-state index in [1.165, 1.54) is 23.8 Å². The zero-order chi connectivity index (χ0) is 34.0. The Labute approximate surface area is 271 Å². The third-order valence-corrected chi connectivity index (χ3v) is 9.41. The number of fused-ring (bicyclic) bond motifs is 1. The standard InChI is InChI=1S/C32H37N6O8P/c1-20(30(41)43-16-21-8-6-5-7-9-21)37-47(42,46-23-12-10-22(11-13-23)31(2,3)4)44-17-25-27(39)28(40)32(18-33,45-25)26-15-14-24-29(34)35-19-36-38(24)26/h5-15,19-20,25,27-28,39-40H,16-17H2,1-4H3,(H,37,42)(H2,34,35,36)/t20-,25+,27+,28+,32-,47?/m0/s1. The van der Waals surface area contributed by atoms with Crippen molar-refractivity contribution in [3.8, 4) is 11.8 Å². The third-order valence-electron chi connectivity index (χ3n) is 7.77. The molecule has 2 aromatic carbocycles.